The molecule has 0 spiro atoms. The van der Waals surface area contributed by atoms with Gasteiger partial charge in [-0.1, -0.05) is 5.11 Å². The average Bonchev–Trinajstić information content (AvgIpc) is 2.64. The number of azide groups is 1. The van der Waals surface area contributed by atoms with Gasteiger partial charge in [-0.05, 0) is 19.4 Å². The molecule has 9 nitrogen and oxygen atoms in total. The van der Waals surface area contributed by atoms with Gasteiger partial charge in [-0.3, -0.25) is 19.3 Å². The van der Waals surface area contributed by atoms with E-state index in [4.69, 9.17) is 10.3 Å². The number of carbonyl (C=O) groups excluding carboxylic acids is 3. The number of amides is 3. The van der Waals surface area contributed by atoms with Gasteiger partial charge in [0, 0.05) is 29.1 Å². The molecule has 0 aliphatic carbocycles. The Morgan fingerprint density at radius 3 is 2.48 bits per heavy atom. The fourth-order valence-corrected chi connectivity index (χ4v) is 1.68. The van der Waals surface area contributed by atoms with Gasteiger partial charge < -0.3 is 10.1 Å². The van der Waals surface area contributed by atoms with Crippen LogP contribution in [0.5, 0.6) is 0 Å². The summed E-state index contributed by atoms with van der Waals surface area (Å²) in [5, 5.41) is 5.82. The molecule has 0 radical (unpaired) electrons. The van der Waals surface area contributed by atoms with Gasteiger partial charge in [0.2, 0.25) is 5.91 Å². The number of ether oxygens (including phenoxy) is 1. The van der Waals surface area contributed by atoms with Crippen LogP contribution in [0.3, 0.4) is 0 Å². The van der Waals surface area contributed by atoms with E-state index in [0.29, 0.717) is 11.1 Å². The standard InChI is InChI=1S/C12H17N5O4/c1-8-9(2)12(20)17(11(8)19)7-10(18)14-3-5-21-6-4-15-16-13/h3-7H2,1-2H3,(H,14,18). The van der Waals surface area contributed by atoms with Crippen LogP contribution in [0.4, 0.5) is 0 Å². The van der Waals surface area contributed by atoms with E-state index in [2.05, 4.69) is 15.3 Å². The third kappa shape index (κ3) is 4.59. The molecule has 1 heterocycles. The molecule has 1 N–H and O–H groups in total. The van der Waals surface area contributed by atoms with E-state index in [1.54, 1.807) is 13.8 Å². The lowest BCUT2D eigenvalue weighted by Crippen LogP contribution is -2.42. The molecule has 114 valence electrons. The summed E-state index contributed by atoms with van der Waals surface area (Å²) in [6.07, 6.45) is 0. The van der Waals surface area contributed by atoms with Crippen molar-refractivity contribution in [1.82, 2.24) is 10.2 Å². The van der Waals surface area contributed by atoms with Crippen LogP contribution < -0.4 is 5.32 Å². The summed E-state index contributed by atoms with van der Waals surface area (Å²) < 4.78 is 5.10. The lowest BCUT2D eigenvalue weighted by Gasteiger charge is -2.14. The topological polar surface area (TPSA) is 124 Å². The van der Waals surface area contributed by atoms with Gasteiger partial charge in [0.05, 0.1) is 13.2 Å². The summed E-state index contributed by atoms with van der Waals surface area (Å²) in [4.78, 5) is 38.6. The van der Waals surface area contributed by atoms with Gasteiger partial charge in [-0.25, -0.2) is 0 Å². The Balaban J connectivity index is 2.25. The molecule has 0 fully saturated rings. The van der Waals surface area contributed by atoms with Crippen molar-refractivity contribution in [1.29, 1.82) is 0 Å². The van der Waals surface area contributed by atoms with Crippen LogP contribution in [0.25, 0.3) is 10.4 Å². The van der Waals surface area contributed by atoms with Gasteiger partial charge in [0.15, 0.2) is 0 Å². The van der Waals surface area contributed by atoms with E-state index in [-0.39, 0.29) is 32.8 Å². The molecule has 0 saturated carbocycles. The van der Waals surface area contributed by atoms with Gasteiger partial charge in [-0.2, -0.15) is 0 Å². The minimum absolute atomic E-state index is 0.228. The van der Waals surface area contributed by atoms with Crippen molar-refractivity contribution in [3.05, 3.63) is 21.6 Å². The summed E-state index contributed by atoms with van der Waals surface area (Å²) in [5.41, 5.74) is 8.78. The predicted octanol–water partition coefficient (Wildman–Crippen LogP) is 0.135. The quantitative estimate of drug-likeness (QED) is 0.225. The molecule has 1 aliphatic rings. The van der Waals surface area contributed by atoms with Crippen molar-refractivity contribution in [2.24, 2.45) is 5.11 Å². The summed E-state index contributed by atoms with van der Waals surface area (Å²) in [5.74, 6) is -1.30. The fraction of sp³-hybridized carbons (Fsp3) is 0.583. The number of carbonyl (C=O) groups is 3. The van der Waals surface area contributed by atoms with E-state index in [0.717, 1.165) is 4.90 Å². The molecule has 0 aromatic carbocycles. The highest BCUT2D eigenvalue weighted by Gasteiger charge is 2.34. The maximum absolute atomic E-state index is 11.7. The zero-order valence-corrected chi connectivity index (χ0v) is 12.0. The molecule has 3 amide bonds. The Bertz CT molecular complexity index is 498. The maximum atomic E-state index is 11.7. The third-order valence-corrected chi connectivity index (χ3v) is 2.96. The van der Waals surface area contributed by atoms with Crippen molar-refractivity contribution in [2.75, 3.05) is 32.8 Å². The first-order chi connectivity index (χ1) is 9.99. The molecule has 0 atom stereocenters. The van der Waals surface area contributed by atoms with Crippen molar-refractivity contribution in [2.45, 2.75) is 13.8 Å². The van der Waals surface area contributed by atoms with E-state index in [9.17, 15) is 14.4 Å². The van der Waals surface area contributed by atoms with Crippen LogP contribution in [0.1, 0.15) is 13.8 Å². The molecule has 21 heavy (non-hydrogen) atoms. The highest BCUT2D eigenvalue weighted by atomic mass is 16.5. The number of imide groups is 1. The summed E-state index contributed by atoms with van der Waals surface area (Å²) >= 11 is 0. The monoisotopic (exact) mass is 295 g/mol. The third-order valence-electron chi connectivity index (χ3n) is 2.96. The second kappa shape index (κ2) is 8.03. The smallest absolute Gasteiger partial charge is 0.257 e. The first-order valence-electron chi connectivity index (χ1n) is 6.38. The molecular weight excluding hydrogens is 278 g/mol. The van der Waals surface area contributed by atoms with Gasteiger partial charge >= 0.3 is 0 Å². The number of hydrogen-bond donors (Lipinski definition) is 1. The normalized spacial score (nSPS) is 14.5. The Morgan fingerprint density at radius 2 is 1.90 bits per heavy atom. The van der Waals surface area contributed by atoms with Gasteiger partial charge in [0.25, 0.3) is 11.8 Å². The molecule has 1 rings (SSSR count). The summed E-state index contributed by atoms with van der Waals surface area (Å²) in [6.45, 7) is 3.82. The molecule has 0 aromatic rings. The number of rotatable bonds is 8. The molecule has 0 aromatic heterocycles. The molecule has 0 saturated heterocycles. The number of hydrogen-bond acceptors (Lipinski definition) is 5. The second-order valence-electron chi connectivity index (χ2n) is 4.36. The predicted molar refractivity (Wildman–Crippen MR) is 72.9 cm³/mol. The molecule has 1 aliphatic heterocycles. The van der Waals surface area contributed by atoms with Crippen molar-refractivity contribution < 1.29 is 19.1 Å². The fourth-order valence-electron chi connectivity index (χ4n) is 1.68. The summed E-state index contributed by atoms with van der Waals surface area (Å²) in [6, 6.07) is 0. The van der Waals surface area contributed by atoms with E-state index >= 15 is 0 Å². The minimum Gasteiger partial charge on any atom is -0.379 e. The van der Waals surface area contributed by atoms with E-state index in [1.807, 2.05) is 0 Å². The summed E-state index contributed by atoms with van der Waals surface area (Å²) in [7, 11) is 0. The van der Waals surface area contributed by atoms with Crippen LogP contribution >= 0.6 is 0 Å². The highest BCUT2D eigenvalue weighted by Crippen LogP contribution is 2.18. The first kappa shape index (κ1) is 16.7. The highest BCUT2D eigenvalue weighted by molar-refractivity contribution is 6.19. The Hall–Kier alpha value is -2.38. The van der Waals surface area contributed by atoms with E-state index < -0.39 is 17.7 Å². The van der Waals surface area contributed by atoms with Crippen LogP contribution in [-0.2, 0) is 19.1 Å². The number of nitrogens with one attached hydrogen (secondary N) is 1. The lowest BCUT2D eigenvalue weighted by molar-refractivity contribution is -0.141. The van der Waals surface area contributed by atoms with Crippen LogP contribution in [0, 0.1) is 0 Å². The Kier molecular flexibility index (Phi) is 6.38. The Labute approximate surface area is 121 Å². The van der Waals surface area contributed by atoms with Crippen molar-refractivity contribution in [3.8, 4) is 0 Å². The second-order valence-corrected chi connectivity index (χ2v) is 4.36. The molecule has 9 heteroatoms. The Morgan fingerprint density at radius 1 is 1.29 bits per heavy atom. The SMILES string of the molecule is CC1=C(C)C(=O)N(CC(=O)NCCOCCN=[N+]=[N-])C1=O. The average molecular weight is 295 g/mol. The molecule has 0 unspecified atom stereocenters. The largest absolute Gasteiger partial charge is 0.379 e. The molecule has 0 bridgehead atoms. The van der Waals surface area contributed by atoms with Crippen LogP contribution in [-0.4, -0.2) is 55.5 Å². The zero-order valence-electron chi connectivity index (χ0n) is 12.0. The zero-order chi connectivity index (χ0) is 15.8. The van der Waals surface area contributed by atoms with Gasteiger partial charge in [-0.15, -0.1) is 0 Å². The maximum Gasteiger partial charge on any atom is 0.257 e. The van der Waals surface area contributed by atoms with Crippen molar-refractivity contribution in [3.63, 3.8) is 0 Å². The first-order valence-corrected chi connectivity index (χ1v) is 6.38. The van der Waals surface area contributed by atoms with Crippen LogP contribution in [0.15, 0.2) is 16.3 Å². The van der Waals surface area contributed by atoms with Crippen LogP contribution in [0.2, 0.25) is 0 Å². The van der Waals surface area contributed by atoms with Gasteiger partial charge in [0.1, 0.15) is 6.54 Å². The van der Waals surface area contributed by atoms with Crippen molar-refractivity contribution >= 4 is 17.7 Å². The minimum atomic E-state index is -0.433. The van der Waals surface area contributed by atoms with E-state index in [1.165, 1.54) is 0 Å². The molecular formula is C12H17N5O4. The number of nitrogens with zero attached hydrogens (tertiary/aromatic N) is 4. The lowest BCUT2D eigenvalue weighted by atomic mass is 10.2.